The van der Waals surface area contributed by atoms with Gasteiger partial charge in [-0.25, -0.2) is 0 Å². The van der Waals surface area contributed by atoms with Crippen molar-refractivity contribution in [3.05, 3.63) is 56.5 Å². The highest BCUT2D eigenvalue weighted by molar-refractivity contribution is 6.43. The Morgan fingerprint density at radius 2 is 1.62 bits per heavy atom. The lowest BCUT2D eigenvalue weighted by Gasteiger charge is -2.15. The summed E-state index contributed by atoms with van der Waals surface area (Å²) in [7, 11) is 0. The van der Waals surface area contributed by atoms with E-state index in [0.717, 1.165) is 5.01 Å². The van der Waals surface area contributed by atoms with Gasteiger partial charge in [0.05, 0.1) is 31.5 Å². The molecule has 9 heteroatoms. The second-order valence-corrected chi connectivity index (χ2v) is 7.17. The number of carbonyl (C=O) groups is 2. The zero-order chi connectivity index (χ0) is 19.0. The Kier molecular flexibility index (Phi) is 5.44. The van der Waals surface area contributed by atoms with Crippen LogP contribution < -0.4 is 10.3 Å². The van der Waals surface area contributed by atoms with Gasteiger partial charge in [-0.2, -0.15) is 10.1 Å². The Balaban J connectivity index is 1.81. The number of amides is 2. The summed E-state index contributed by atoms with van der Waals surface area (Å²) in [5, 5.41) is 9.27. The minimum Gasteiger partial charge on any atom is -0.325 e. The molecule has 1 aliphatic heterocycles. The van der Waals surface area contributed by atoms with Crippen LogP contribution in [0.2, 0.25) is 20.1 Å². The van der Waals surface area contributed by atoms with Gasteiger partial charge in [-0.3, -0.25) is 9.59 Å². The van der Waals surface area contributed by atoms with Crippen LogP contribution in [0.4, 0.5) is 11.4 Å². The van der Waals surface area contributed by atoms with E-state index in [1.165, 1.54) is 12.1 Å². The minimum atomic E-state index is -1.06. The topological polar surface area (TPSA) is 61.8 Å². The van der Waals surface area contributed by atoms with Crippen LogP contribution in [0.5, 0.6) is 0 Å². The molecule has 1 aliphatic rings. The van der Waals surface area contributed by atoms with Gasteiger partial charge in [0.25, 0.3) is 5.91 Å². The number of halogens is 4. The molecule has 0 bridgehead atoms. The van der Waals surface area contributed by atoms with E-state index in [0.29, 0.717) is 32.2 Å². The molecule has 0 saturated carbocycles. The summed E-state index contributed by atoms with van der Waals surface area (Å²) in [6.45, 7) is 1.61. The fourth-order valence-electron chi connectivity index (χ4n) is 2.46. The fourth-order valence-corrected chi connectivity index (χ4v) is 3.05. The number of nitrogens with one attached hydrogen (secondary N) is 1. The molecule has 26 heavy (non-hydrogen) atoms. The van der Waals surface area contributed by atoms with Gasteiger partial charge in [-0.05, 0) is 43.3 Å². The third-order valence-electron chi connectivity index (χ3n) is 3.73. The Bertz CT molecular complexity index is 946. The average Bonchev–Trinajstić information content (AvgIpc) is 2.88. The van der Waals surface area contributed by atoms with Crippen molar-refractivity contribution in [2.24, 2.45) is 11.0 Å². The summed E-state index contributed by atoms with van der Waals surface area (Å²) >= 11 is 23.7. The molecule has 3 rings (SSSR count). The summed E-state index contributed by atoms with van der Waals surface area (Å²) in [6, 6.07) is 9.32. The molecule has 1 unspecified atom stereocenters. The van der Waals surface area contributed by atoms with Crippen molar-refractivity contribution in [3.8, 4) is 0 Å². The second kappa shape index (κ2) is 7.45. The van der Waals surface area contributed by atoms with Crippen LogP contribution in [0.3, 0.4) is 0 Å². The number of hydrogen-bond acceptors (Lipinski definition) is 3. The van der Waals surface area contributed by atoms with E-state index < -0.39 is 17.7 Å². The summed E-state index contributed by atoms with van der Waals surface area (Å²) in [4.78, 5) is 25.3. The van der Waals surface area contributed by atoms with Crippen molar-refractivity contribution in [2.45, 2.75) is 6.92 Å². The summed E-state index contributed by atoms with van der Waals surface area (Å²) in [5.41, 5.74) is 1.21. The predicted molar refractivity (Wildman–Crippen MR) is 106 cm³/mol. The van der Waals surface area contributed by atoms with E-state index in [-0.39, 0.29) is 5.02 Å². The van der Waals surface area contributed by atoms with E-state index in [1.54, 1.807) is 31.2 Å². The standard InChI is InChI=1S/C17H11Cl4N3O2/c1-8-15(16(25)22-9-2-4-11(18)13(20)6-9)17(26)24(23-8)10-3-5-12(19)14(21)7-10/h2-7,15H,1H3,(H,22,25). The highest BCUT2D eigenvalue weighted by Crippen LogP contribution is 2.31. The SMILES string of the molecule is CC1=NN(c2ccc(Cl)c(Cl)c2)C(=O)C1C(=O)Nc1ccc(Cl)c(Cl)c1. The molecule has 0 aliphatic carbocycles. The van der Waals surface area contributed by atoms with Gasteiger partial charge in [0.2, 0.25) is 5.91 Å². The van der Waals surface area contributed by atoms with Crippen LogP contribution in [0.1, 0.15) is 6.92 Å². The predicted octanol–water partition coefficient (Wildman–Crippen LogP) is 5.28. The maximum Gasteiger partial charge on any atom is 0.265 e. The lowest BCUT2D eigenvalue weighted by atomic mass is 10.0. The molecule has 2 amide bonds. The van der Waals surface area contributed by atoms with E-state index >= 15 is 0 Å². The van der Waals surface area contributed by atoms with Gasteiger partial charge in [0.15, 0.2) is 5.92 Å². The van der Waals surface area contributed by atoms with Crippen LogP contribution >= 0.6 is 46.4 Å². The third kappa shape index (κ3) is 3.67. The number of carbonyl (C=O) groups excluding carboxylic acids is 2. The summed E-state index contributed by atoms with van der Waals surface area (Å²) in [6.07, 6.45) is 0. The van der Waals surface area contributed by atoms with E-state index in [1.807, 2.05) is 0 Å². The normalized spacial score (nSPS) is 16.7. The van der Waals surface area contributed by atoms with Crippen molar-refractivity contribution in [1.82, 2.24) is 0 Å². The van der Waals surface area contributed by atoms with Crippen LogP contribution in [0.15, 0.2) is 41.5 Å². The first-order chi connectivity index (χ1) is 12.3. The molecule has 1 heterocycles. The number of anilines is 2. The first-order valence-electron chi connectivity index (χ1n) is 7.38. The maximum absolute atomic E-state index is 12.7. The van der Waals surface area contributed by atoms with Gasteiger partial charge in [0, 0.05) is 5.69 Å². The van der Waals surface area contributed by atoms with Crippen molar-refractivity contribution in [2.75, 3.05) is 10.3 Å². The number of rotatable bonds is 3. The number of hydrazone groups is 1. The molecule has 2 aromatic rings. The van der Waals surface area contributed by atoms with Gasteiger partial charge in [-0.1, -0.05) is 46.4 Å². The highest BCUT2D eigenvalue weighted by atomic mass is 35.5. The molecule has 0 fully saturated rings. The number of nitrogens with zero attached hydrogens (tertiary/aromatic N) is 2. The lowest BCUT2D eigenvalue weighted by molar-refractivity contribution is -0.127. The molecule has 134 valence electrons. The largest absolute Gasteiger partial charge is 0.325 e. The van der Waals surface area contributed by atoms with Crippen LogP contribution in [-0.2, 0) is 9.59 Å². The summed E-state index contributed by atoms with van der Waals surface area (Å²) in [5.74, 6) is -2.06. The van der Waals surface area contributed by atoms with E-state index in [2.05, 4.69) is 10.4 Å². The first kappa shape index (κ1) is 19.0. The van der Waals surface area contributed by atoms with Crippen molar-refractivity contribution < 1.29 is 9.59 Å². The monoisotopic (exact) mass is 429 g/mol. The van der Waals surface area contributed by atoms with Gasteiger partial charge in [-0.15, -0.1) is 0 Å². The zero-order valence-electron chi connectivity index (χ0n) is 13.3. The molecular weight excluding hydrogens is 420 g/mol. The number of benzene rings is 2. The van der Waals surface area contributed by atoms with Crippen LogP contribution in [0.25, 0.3) is 0 Å². The second-order valence-electron chi connectivity index (χ2n) is 5.54. The first-order valence-corrected chi connectivity index (χ1v) is 8.89. The summed E-state index contributed by atoms with van der Waals surface area (Å²) < 4.78 is 0. The molecule has 0 radical (unpaired) electrons. The molecule has 0 aromatic heterocycles. The van der Waals surface area contributed by atoms with Gasteiger partial charge < -0.3 is 5.32 Å². The zero-order valence-corrected chi connectivity index (χ0v) is 16.3. The molecule has 0 saturated heterocycles. The lowest BCUT2D eigenvalue weighted by Crippen LogP contribution is -2.36. The Morgan fingerprint density at radius 3 is 2.23 bits per heavy atom. The maximum atomic E-state index is 12.7. The molecule has 1 N–H and O–H groups in total. The van der Waals surface area contributed by atoms with E-state index in [9.17, 15) is 9.59 Å². The Morgan fingerprint density at radius 1 is 1.00 bits per heavy atom. The average molecular weight is 431 g/mol. The van der Waals surface area contributed by atoms with Gasteiger partial charge in [0.1, 0.15) is 0 Å². The van der Waals surface area contributed by atoms with Crippen molar-refractivity contribution >= 4 is 75.3 Å². The minimum absolute atomic E-state index is 0.286. The van der Waals surface area contributed by atoms with Gasteiger partial charge >= 0.3 is 0 Å². The third-order valence-corrected chi connectivity index (χ3v) is 5.21. The number of hydrogen-bond donors (Lipinski definition) is 1. The Hall–Kier alpha value is -1.79. The van der Waals surface area contributed by atoms with Crippen LogP contribution in [0, 0.1) is 5.92 Å². The van der Waals surface area contributed by atoms with Crippen molar-refractivity contribution in [1.29, 1.82) is 0 Å². The molecular formula is C17H11Cl4N3O2. The Labute approximate surface area is 169 Å². The van der Waals surface area contributed by atoms with E-state index in [4.69, 9.17) is 46.4 Å². The quantitative estimate of drug-likeness (QED) is 0.673. The van der Waals surface area contributed by atoms with Crippen molar-refractivity contribution in [3.63, 3.8) is 0 Å². The molecule has 1 atom stereocenters. The smallest absolute Gasteiger partial charge is 0.265 e. The molecule has 0 spiro atoms. The molecule has 2 aromatic carbocycles. The molecule has 5 nitrogen and oxygen atoms in total. The van der Waals surface area contributed by atoms with Crippen LogP contribution in [-0.4, -0.2) is 17.5 Å². The highest BCUT2D eigenvalue weighted by Gasteiger charge is 2.39. The fraction of sp³-hybridized carbons (Fsp3) is 0.118.